The van der Waals surface area contributed by atoms with Gasteiger partial charge in [0.25, 0.3) is 6.33 Å². The van der Waals surface area contributed by atoms with E-state index in [1.807, 2.05) is 48.5 Å². The maximum Gasteiger partial charge on any atom is 0.269 e. The van der Waals surface area contributed by atoms with Crippen LogP contribution in [0.1, 0.15) is 53.7 Å². The number of hydrogen-bond donors (Lipinski definition) is 0. The Hall–Kier alpha value is -8.80. The summed E-state index contributed by atoms with van der Waals surface area (Å²) < 4.78 is 190. The lowest BCUT2D eigenvalue weighted by Gasteiger charge is -2.20. The van der Waals surface area contributed by atoms with Crippen LogP contribution in [-0.2, 0) is 5.41 Å². The number of nitrogens with zero attached hydrogens (tertiary/aromatic N) is 4. The van der Waals surface area contributed by atoms with Crippen molar-refractivity contribution in [3.63, 3.8) is 0 Å². The van der Waals surface area contributed by atoms with Crippen LogP contribution >= 0.6 is 0 Å². The van der Waals surface area contributed by atoms with Crippen LogP contribution in [0.15, 0.2) is 236 Å². The van der Waals surface area contributed by atoms with Crippen molar-refractivity contribution < 1.29 is 36.7 Å². The molecule has 0 saturated carbocycles. The van der Waals surface area contributed by atoms with Gasteiger partial charge in [-0.05, 0) is 122 Å². The average Bonchev–Trinajstić information content (AvgIpc) is 1.74. The molecule has 330 valence electrons. The van der Waals surface area contributed by atoms with Crippen LogP contribution < -0.4 is 9.30 Å². The second kappa shape index (κ2) is 17.1. The number of hydrogen-bond acceptors (Lipinski definition) is 2. The molecule has 5 nitrogen and oxygen atoms in total. The van der Waals surface area contributed by atoms with E-state index in [9.17, 15) is 5.48 Å². The first-order chi connectivity index (χ1) is 42.1. The summed E-state index contributed by atoms with van der Waals surface area (Å²) in [5.41, 5.74) is 0.640. The minimum absolute atomic E-state index is 0.126. The van der Waals surface area contributed by atoms with Gasteiger partial charge in [0, 0.05) is 23.0 Å². The van der Waals surface area contributed by atoms with Gasteiger partial charge in [0.15, 0.2) is 0 Å². The van der Waals surface area contributed by atoms with Crippen LogP contribution in [0.2, 0.25) is 0 Å². The maximum absolute atomic E-state index is 9.42. The summed E-state index contributed by atoms with van der Waals surface area (Å²) >= 11 is 0. The largest absolute Gasteiger partial charge is 0.458 e. The maximum atomic E-state index is 9.42. The van der Waals surface area contributed by atoms with Gasteiger partial charge in [-0.1, -0.05) is 178 Å². The van der Waals surface area contributed by atoms with Crippen molar-refractivity contribution in [2.75, 3.05) is 0 Å². The third-order valence-electron chi connectivity index (χ3n) is 11.9. The van der Waals surface area contributed by atoms with Crippen molar-refractivity contribution in [2.45, 2.75) is 26.2 Å². The van der Waals surface area contributed by atoms with Gasteiger partial charge in [0.05, 0.1) is 60.9 Å². The standard InChI is InChI=1S/C64H48N4O/c1-64(2,3)50-35-36-65-62(40-50)68-58-30-17-16-29-54(58)55-33-32-53(42-60(55)68)69-52-28-18-27-51(41-52)66-43-67(59-34-31-48(39-61(59)66)44-19-8-4-9-20-44)63-56(46-23-12-6-13-24-46)37-49(45-21-10-5-11-22-45)38-57(63)47-25-14-7-15-26-47/h4-42H,1-3H3/i4D,5D,6D,7D,8D,9D,10D,11D,12D,13D,14D,15D,19D,20D,21D,22D,23D,24D,25D,26D. The summed E-state index contributed by atoms with van der Waals surface area (Å²) in [5, 5.41) is 1.92. The predicted octanol–water partition coefficient (Wildman–Crippen LogP) is 16.0. The molecule has 3 aromatic heterocycles. The van der Waals surface area contributed by atoms with Crippen LogP contribution in [0.25, 0.3) is 94.5 Å². The molecule has 9 aromatic carbocycles. The molecule has 0 amide bonds. The molecular weight excluding hydrogens is 841 g/mol. The van der Waals surface area contributed by atoms with Crippen LogP contribution in [0, 0.1) is 6.33 Å². The monoisotopic (exact) mass is 909 g/mol. The molecule has 0 aliphatic carbocycles. The number of fused-ring (bicyclic) bond motifs is 4. The van der Waals surface area contributed by atoms with Crippen molar-refractivity contribution in [1.82, 2.24) is 14.1 Å². The van der Waals surface area contributed by atoms with E-state index in [1.165, 1.54) is 39.5 Å². The Morgan fingerprint density at radius 1 is 0.507 bits per heavy atom. The van der Waals surface area contributed by atoms with Crippen molar-refractivity contribution in [3.8, 4) is 73.2 Å². The fraction of sp³-hybridized carbons (Fsp3) is 0.0625. The number of imidazole rings is 1. The smallest absolute Gasteiger partial charge is 0.269 e. The van der Waals surface area contributed by atoms with Gasteiger partial charge in [-0.2, -0.15) is 0 Å². The molecule has 12 rings (SSSR count). The molecule has 0 radical (unpaired) electrons. The summed E-state index contributed by atoms with van der Waals surface area (Å²) in [5.74, 6) is 1.42. The lowest BCUT2D eigenvalue weighted by atomic mass is 9.88. The van der Waals surface area contributed by atoms with Crippen molar-refractivity contribution >= 4 is 32.8 Å². The molecule has 5 heteroatoms. The SMILES string of the molecule is [2H]c1c([2H])c([2H])c(-c2cc(-c3c([2H])c([2H])c([2H])c([2H])c3[2H])c(-[n+]3[c-]n(-c4cccc(Oc5ccc6c7ccccc7n(-c7cc(C(C)(C)C)ccn7)c6c5)c4)c4cc(-c5c([2H])c([2H])c([2H])c([2H])c5[2H])ccc43)c(-c3c([2H])c([2H])c([2H])c([2H])c3[2H])c2)c([2H])c1[2H]. The zero-order chi connectivity index (χ0) is 63.9. The average molecular weight is 909 g/mol. The first kappa shape index (κ1) is 25.4. The highest BCUT2D eigenvalue weighted by Crippen LogP contribution is 2.40. The van der Waals surface area contributed by atoms with Crippen LogP contribution in [0.3, 0.4) is 0 Å². The van der Waals surface area contributed by atoms with Gasteiger partial charge in [0.2, 0.25) is 0 Å². The Balaban J connectivity index is 1.17. The molecule has 0 bridgehead atoms. The third-order valence-corrected chi connectivity index (χ3v) is 11.9. The molecule has 12 aromatic rings. The van der Waals surface area contributed by atoms with E-state index in [-0.39, 0.29) is 50.0 Å². The molecule has 0 saturated heterocycles. The van der Waals surface area contributed by atoms with Gasteiger partial charge in [-0.15, -0.1) is 0 Å². The Bertz CT molecular complexity index is 4860. The molecule has 0 fully saturated rings. The Kier molecular flexibility index (Phi) is 6.30. The zero-order valence-electron chi connectivity index (χ0n) is 57.2. The fourth-order valence-electron chi connectivity index (χ4n) is 8.67. The highest BCUT2D eigenvalue weighted by Gasteiger charge is 2.23. The van der Waals surface area contributed by atoms with Gasteiger partial charge >= 0.3 is 0 Å². The van der Waals surface area contributed by atoms with E-state index >= 15 is 0 Å². The van der Waals surface area contributed by atoms with E-state index in [0.29, 0.717) is 23.0 Å². The molecule has 69 heavy (non-hydrogen) atoms. The number of benzene rings is 9. The zero-order valence-corrected chi connectivity index (χ0v) is 37.2. The third kappa shape index (κ3) is 7.74. The van der Waals surface area contributed by atoms with Gasteiger partial charge < -0.3 is 4.74 Å². The van der Waals surface area contributed by atoms with Gasteiger partial charge in [0.1, 0.15) is 17.3 Å². The topological polar surface area (TPSA) is 35.9 Å². The van der Waals surface area contributed by atoms with E-state index in [0.717, 1.165) is 27.4 Å². The van der Waals surface area contributed by atoms with E-state index in [4.69, 9.17) is 31.7 Å². The van der Waals surface area contributed by atoms with Crippen LogP contribution in [0.4, 0.5) is 0 Å². The number of rotatable bonds is 9. The van der Waals surface area contributed by atoms with Crippen molar-refractivity contribution in [1.29, 1.82) is 0 Å². The van der Waals surface area contributed by atoms with Gasteiger partial charge in [-0.25, -0.2) is 4.98 Å². The second-order valence-electron chi connectivity index (χ2n) is 17.2. The molecule has 0 unspecified atom stereocenters. The van der Waals surface area contributed by atoms with Gasteiger partial charge in [-0.3, -0.25) is 13.7 Å². The summed E-state index contributed by atoms with van der Waals surface area (Å²) in [6, 6.07) is 17.0. The quantitative estimate of drug-likeness (QED) is 0.107. The molecule has 0 aliphatic heterocycles. The Morgan fingerprint density at radius 2 is 1.12 bits per heavy atom. The summed E-state index contributed by atoms with van der Waals surface area (Å²) in [6.45, 7) is 6.38. The number of aromatic nitrogens is 4. The highest BCUT2D eigenvalue weighted by molar-refractivity contribution is 6.09. The number of pyridine rings is 1. The number of para-hydroxylation sites is 1. The molecule has 0 N–H and O–H groups in total. The Labute approximate surface area is 430 Å². The second-order valence-corrected chi connectivity index (χ2v) is 17.2. The minimum Gasteiger partial charge on any atom is -0.458 e. The lowest BCUT2D eigenvalue weighted by molar-refractivity contribution is -0.571. The van der Waals surface area contributed by atoms with Crippen LogP contribution in [0.5, 0.6) is 11.5 Å². The summed E-state index contributed by atoms with van der Waals surface area (Å²) in [4.78, 5) is 4.81. The first-order valence-corrected chi connectivity index (χ1v) is 21.9. The van der Waals surface area contributed by atoms with Crippen molar-refractivity contribution in [3.05, 3.63) is 248 Å². The van der Waals surface area contributed by atoms with E-state index < -0.39 is 138 Å². The lowest BCUT2D eigenvalue weighted by Crippen LogP contribution is -2.31. The molecule has 0 atom stereocenters. The first-order valence-electron chi connectivity index (χ1n) is 31.9. The fourth-order valence-corrected chi connectivity index (χ4v) is 8.67. The highest BCUT2D eigenvalue weighted by atomic mass is 16.5. The minimum atomic E-state index is -0.798. The van der Waals surface area contributed by atoms with Crippen molar-refractivity contribution in [2.24, 2.45) is 0 Å². The summed E-state index contributed by atoms with van der Waals surface area (Å²) in [7, 11) is 0. The van der Waals surface area contributed by atoms with Crippen LogP contribution in [-0.4, -0.2) is 14.1 Å². The molecule has 0 aliphatic rings. The molecular formula is C64H48N4O. The summed E-state index contributed by atoms with van der Waals surface area (Å²) in [6.07, 6.45) is 5.11. The Morgan fingerprint density at radius 3 is 1.78 bits per heavy atom. The van der Waals surface area contributed by atoms with E-state index in [2.05, 4.69) is 37.7 Å². The van der Waals surface area contributed by atoms with E-state index in [1.54, 1.807) is 30.5 Å². The molecule has 3 heterocycles. The number of ether oxygens (including phenoxy) is 1. The normalized spacial score (nSPS) is 15.8. The molecule has 0 spiro atoms. The predicted molar refractivity (Wildman–Crippen MR) is 283 cm³/mol.